The standard InChI is InChI=1S/C21H22FN5O/c1-23-21(26-13-17-11-16-4-2-3-5-20(16)28-17)25-12-15-6-7-19(18(22)10-15)27-9-8-24-14-27/h2-10,14,17H,11-13H2,1H3,(H2,23,25,26). The molecule has 0 bridgehead atoms. The Morgan fingerprint density at radius 3 is 2.93 bits per heavy atom. The number of nitrogens with one attached hydrogen (secondary N) is 2. The summed E-state index contributed by atoms with van der Waals surface area (Å²) in [5.74, 6) is 1.31. The number of aromatic nitrogens is 2. The van der Waals surface area contributed by atoms with E-state index in [1.165, 1.54) is 11.6 Å². The highest BCUT2D eigenvalue weighted by atomic mass is 19.1. The smallest absolute Gasteiger partial charge is 0.191 e. The molecule has 1 aliphatic heterocycles. The average molecular weight is 379 g/mol. The highest BCUT2D eigenvalue weighted by Gasteiger charge is 2.22. The van der Waals surface area contributed by atoms with E-state index in [9.17, 15) is 4.39 Å². The molecule has 0 saturated carbocycles. The first-order valence-corrected chi connectivity index (χ1v) is 9.19. The van der Waals surface area contributed by atoms with Crippen LogP contribution in [0.1, 0.15) is 11.1 Å². The zero-order valence-corrected chi connectivity index (χ0v) is 15.6. The zero-order valence-electron chi connectivity index (χ0n) is 15.6. The van der Waals surface area contributed by atoms with Crippen molar-refractivity contribution in [2.45, 2.75) is 19.1 Å². The Kier molecular flexibility index (Phi) is 5.23. The van der Waals surface area contributed by atoms with E-state index < -0.39 is 0 Å². The highest BCUT2D eigenvalue weighted by molar-refractivity contribution is 5.79. The molecule has 2 heterocycles. The number of fused-ring (bicyclic) bond motifs is 1. The minimum atomic E-state index is -0.294. The number of benzene rings is 2. The number of guanidine groups is 1. The van der Waals surface area contributed by atoms with Crippen LogP contribution in [0.3, 0.4) is 0 Å². The van der Waals surface area contributed by atoms with E-state index in [0.717, 1.165) is 17.7 Å². The second kappa shape index (κ2) is 8.12. The second-order valence-electron chi connectivity index (χ2n) is 6.61. The summed E-state index contributed by atoms with van der Waals surface area (Å²) in [4.78, 5) is 8.18. The number of para-hydroxylation sites is 1. The van der Waals surface area contributed by atoms with Gasteiger partial charge in [0.2, 0.25) is 0 Å². The van der Waals surface area contributed by atoms with Crippen LogP contribution in [0.5, 0.6) is 5.75 Å². The molecule has 1 aromatic heterocycles. The Labute approximate surface area is 163 Å². The maximum atomic E-state index is 14.4. The predicted molar refractivity (Wildman–Crippen MR) is 106 cm³/mol. The first-order valence-electron chi connectivity index (χ1n) is 9.19. The molecule has 0 aliphatic carbocycles. The number of aliphatic imine (C=N–C) groups is 1. The quantitative estimate of drug-likeness (QED) is 0.529. The number of ether oxygens (including phenoxy) is 1. The van der Waals surface area contributed by atoms with Gasteiger partial charge < -0.3 is 19.9 Å². The predicted octanol–water partition coefficient (Wildman–Crippen LogP) is 2.68. The van der Waals surface area contributed by atoms with Crippen LogP contribution in [0.4, 0.5) is 4.39 Å². The molecule has 1 aliphatic rings. The van der Waals surface area contributed by atoms with E-state index in [2.05, 4.69) is 26.7 Å². The van der Waals surface area contributed by atoms with Gasteiger partial charge >= 0.3 is 0 Å². The van der Waals surface area contributed by atoms with Crippen LogP contribution < -0.4 is 15.4 Å². The molecular weight excluding hydrogens is 357 g/mol. The number of halogens is 1. The van der Waals surface area contributed by atoms with Gasteiger partial charge in [-0.05, 0) is 29.3 Å². The van der Waals surface area contributed by atoms with Gasteiger partial charge in [-0.3, -0.25) is 4.99 Å². The maximum Gasteiger partial charge on any atom is 0.191 e. The van der Waals surface area contributed by atoms with Gasteiger partial charge in [-0.2, -0.15) is 0 Å². The average Bonchev–Trinajstić information content (AvgIpc) is 3.37. The number of imidazole rings is 1. The van der Waals surface area contributed by atoms with Crippen molar-refractivity contribution in [3.05, 3.63) is 78.1 Å². The number of rotatable bonds is 5. The Balaban J connectivity index is 1.30. The van der Waals surface area contributed by atoms with E-state index in [1.807, 2.05) is 24.3 Å². The largest absolute Gasteiger partial charge is 0.488 e. The highest BCUT2D eigenvalue weighted by Crippen LogP contribution is 2.27. The van der Waals surface area contributed by atoms with Crippen molar-refractivity contribution >= 4 is 5.96 Å². The summed E-state index contributed by atoms with van der Waals surface area (Å²) in [6.45, 7) is 1.11. The third kappa shape index (κ3) is 3.98. The molecule has 2 aromatic carbocycles. The monoisotopic (exact) mass is 379 g/mol. The third-order valence-corrected chi connectivity index (χ3v) is 4.69. The van der Waals surface area contributed by atoms with Crippen LogP contribution in [0, 0.1) is 5.82 Å². The molecule has 3 aromatic rings. The van der Waals surface area contributed by atoms with Crippen molar-refractivity contribution in [2.75, 3.05) is 13.6 Å². The molecule has 0 spiro atoms. The van der Waals surface area contributed by atoms with Crippen molar-refractivity contribution in [1.29, 1.82) is 0 Å². The van der Waals surface area contributed by atoms with Crippen molar-refractivity contribution in [2.24, 2.45) is 4.99 Å². The Hall–Kier alpha value is -3.35. The summed E-state index contributed by atoms with van der Waals surface area (Å²) < 4.78 is 21.9. The fourth-order valence-electron chi connectivity index (χ4n) is 3.26. The molecule has 2 N–H and O–H groups in total. The first kappa shape index (κ1) is 18.0. The Morgan fingerprint density at radius 2 is 2.18 bits per heavy atom. The molecule has 0 radical (unpaired) electrons. The fourth-order valence-corrected chi connectivity index (χ4v) is 3.26. The second-order valence-corrected chi connectivity index (χ2v) is 6.61. The Morgan fingerprint density at radius 1 is 1.29 bits per heavy atom. The zero-order chi connectivity index (χ0) is 19.3. The number of hydrogen-bond donors (Lipinski definition) is 2. The molecule has 28 heavy (non-hydrogen) atoms. The molecule has 1 atom stereocenters. The van der Waals surface area contributed by atoms with Gasteiger partial charge in [0.15, 0.2) is 5.96 Å². The molecule has 0 amide bonds. The minimum Gasteiger partial charge on any atom is -0.488 e. The van der Waals surface area contributed by atoms with Crippen LogP contribution in [0.25, 0.3) is 5.69 Å². The van der Waals surface area contributed by atoms with Crippen molar-refractivity contribution < 1.29 is 9.13 Å². The topological polar surface area (TPSA) is 63.5 Å². The van der Waals surface area contributed by atoms with Gasteiger partial charge in [0, 0.05) is 32.4 Å². The lowest BCUT2D eigenvalue weighted by molar-refractivity contribution is 0.235. The molecule has 0 fully saturated rings. The van der Waals surface area contributed by atoms with Crippen LogP contribution >= 0.6 is 0 Å². The van der Waals surface area contributed by atoms with Crippen LogP contribution in [0.2, 0.25) is 0 Å². The van der Waals surface area contributed by atoms with Gasteiger partial charge in [-0.25, -0.2) is 9.37 Å². The molecule has 4 rings (SSSR count). The fraction of sp³-hybridized carbons (Fsp3) is 0.238. The summed E-state index contributed by atoms with van der Waals surface area (Å²) in [5, 5.41) is 6.48. The molecule has 1 unspecified atom stereocenters. The van der Waals surface area contributed by atoms with Crippen molar-refractivity contribution in [1.82, 2.24) is 20.2 Å². The molecular formula is C21H22FN5O. The van der Waals surface area contributed by atoms with Gasteiger partial charge in [0.25, 0.3) is 0 Å². The van der Waals surface area contributed by atoms with Crippen LogP contribution in [-0.2, 0) is 13.0 Å². The van der Waals surface area contributed by atoms with E-state index in [4.69, 9.17) is 4.74 Å². The summed E-state index contributed by atoms with van der Waals surface area (Å²) in [7, 11) is 1.71. The lowest BCUT2D eigenvalue weighted by Gasteiger charge is -2.16. The molecule has 7 heteroatoms. The first-order chi connectivity index (χ1) is 13.7. The van der Waals surface area contributed by atoms with Gasteiger partial charge in [0.1, 0.15) is 17.7 Å². The van der Waals surface area contributed by atoms with Crippen LogP contribution in [-0.4, -0.2) is 35.2 Å². The number of hydrogen-bond acceptors (Lipinski definition) is 3. The van der Waals surface area contributed by atoms with E-state index in [1.54, 1.807) is 36.4 Å². The molecule has 144 valence electrons. The van der Waals surface area contributed by atoms with E-state index >= 15 is 0 Å². The Bertz CT molecular complexity index is 946. The minimum absolute atomic E-state index is 0.0721. The van der Waals surface area contributed by atoms with Crippen molar-refractivity contribution in [3.63, 3.8) is 0 Å². The summed E-state index contributed by atoms with van der Waals surface area (Å²) in [5.41, 5.74) is 2.53. The SMILES string of the molecule is CN=C(NCc1ccc(-n2ccnc2)c(F)c1)NCC1Cc2ccccc2O1. The van der Waals surface area contributed by atoms with Gasteiger partial charge in [0.05, 0.1) is 18.6 Å². The maximum absolute atomic E-state index is 14.4. The summed E-state index contributed by atoms with van der Waals surface area (Å²) in [6.07, 6.45) is 5.86. The lowest BCUT2D eigenvalue weighted by Crippen LogP contribution is -2.41. The molecule has 0 saturated heterocycles. The normalized spacial score (nSPS) is 15.8. The molecule has 6 nitrogen and oxygen atoms in total. The third-order valence-electron chi connectivity index (χ3n) is 4.69. The van der Waals surface area contributed by atoms with Crippen molar-refractivity contribution in [3.8, 4) is 11.4 Å². The van der Waals surface area contributed by atoms with Crippen LogP contribution in [0.15, 0.2) is 66.2 Å². The van der Waals surface area contributed by atoms with Gasteiger partial charge in [-0.15, -0.1) is 0 Å². The number of nitrogens with zero attached hydrogens (tertiary/aromatic N) is 3. The van der Waals surface area contributed by atoms with Gasteiger partial charge in [-0.1, -0.05) is 24.3 Å². The lowest BCUT2D eigenvalue weighted by atomic mass is 10.1. The van der Waals surface area contributed by atoms with E-state index in [0.29, 0.717) is 24.7 Å². The summed E-state index contributed by atoms with van der Waals surface area (Å²) >= 11 is 0. The van der Waals surface area contributed by atoms with E-state index in [-0.39, 0.29) is 11.9 Å². The summed E-state index contributed by atoms with van der Waals surface area (Å²) in [6, 6.07) is 13.2.